The van der Waals surface area contributed by atoms with Crippen LogP contribution in [0.1, 0.15) is 32.6 Å². The van der Waals surface area contributed by atoms with Gasteiger partial charge in [-0.1, -0.05) is 0 Å². The van der Waals surface area contributed by atoms with Gasteiger partial charge in [0.25, 0.3) is 0 Å². The number of halogens is 1. The van der Waals surface area contributed by atoms with E-state index in [0.717, 1.165) is 26.0 Å². The second-order valence-electron chi connectivity index (χ2n) is 6.20. The minimum atomic E-state index is -2.97. The van der Waals surface area contributed by atoms with E-state index in [2.05, 4.69) is 20.9 Å². The number of guanidine groups is 1. The topological polar surface area (TPSA) is 109 Å². The monoisotopic (exact) mass is 488 g/mol. The Labute approximate surface area is 166 Å². The number of ether oxygens (including phenoxy) is 1. The highest BCUT2D eigenvalue weighted by Gasteiger charge is 2.28. The highest BCUT2D eigenvalue weighted by molar-refractivity contribution is 14.0. The Morgan fingerprint density at radius 2 is 2.08 bits per heavy atom. The molecule has 0 saturated carbocycles. The largest absolute Gasteiger partial charge is 0.376 e. The molecule has 0 aromatic rings. The summed E-state index contributed by atoms with van der Waals surface area (Å²) in [6.07, 6.45) is 3.10. The van der Waals surface area contributed by atoms with E-state index in [1.54, 1.807) is 0 Å². The molecule has 0 aromatic heterocycles. The zero-order chi connectivity index (χ0) is 17.4. The lowest BCUT2D eigenvalue weighted by Crippen LogP contribution is -2.41. The lowest BCUT2D eigenvalue weighted by molar-refractivity contribution is -0.121. The molecule has 2 atom stereocenters. The molecule has 146 valence electrons. The van der Waals surface area contributed by atoms with Crippen molar-refractivity contribution >= 4 is 45.7 Å². The molecule has 10 heteroatoms. The second kappa shape index (κ2) is 11.2. The molecular weight excluding hydrogens is 459 g/mol. The smallest absolute Gasteiger partial charge is 0.222 e. The van der Waals surface area contributed by atoms with Gasteiger partial charge in [0.2, 0.25) is 5.91 Å². The normalized spacial score (nSPS) is 25.2. The van der Waals surface area contributed by atoms with Crippen molar-refractivity contribution in [3.63, 3.8) is 0 Å². The van der Waals surface area contributed by atoms with Crippen LogP contribution in [0.2, 0.25) is 0 Å². The van der Waals surface area contributed by atoms with Gasteiger partial charge in [-0.2, -0.15) is 0 Å². The number of hydrogen-bond acceptors (Lipinski definition) is 5. The zero-order valence-electron chi connectivity index (χ0n) is 14.6. The first-order chi connectivity index (χ1) is 11.5. The Bertz CT molecular complexity index is 550. The second-order valence-corrected chi connectivity index (χ2v) is 8.43. The van der Waals surface area contributed by atoms with E-state index < -0.39 is 9.84 Å². The number of amides is 1. The van der Waals surface area contributed by atoms with Gasteiger partial charge in [-0.3, -0.25) is 9.79 Å². The predicted molar refractivity (Wildman–Crippen MR) is 108 cm³/mol. The number of nitrogens with one attached hydrogen (secondary N) is 3. The maximum absolute atomic E-state index is 11.9. The van der Waals surface area contributed by atoms with Crippen LogP contribution in [0.25, 0.3) is 0 Å². The van der Waals surface area contributed by atoms with Crippen LogP contribution in [-0.4, -0.2) is 70.2 Å². The molecule has 2 aliphatic rings. The summed E-state index contributed by atoms with van der Waals surface area (Å²) in [6, 6.07) is -0.246. The molecule has 2 unspecified atom stereocenters. The number of aliphatic imine (C=N–C) groups is 1. The fourth-order valence-electron chi connectivity index (χ4n) is 2.83. The number of carbonyl (C=O) groups is 1. The van der Waals surface area contributed by atoms with Crippen molar-refractivity contribution in [1.29, 1.82) is 0 Å². The van der Waals surface area contributed by atoms with Crippen molar-refractivity contribution in [2.75, 3.05) is 37.7 Å². The number of nitrogens with zero attached hydrogens (tertiary/aromatic N) is 1. The Morgan fingerprint density at radius 3 is 2.68 bits per heavy atom. The van der Waals surface area contributed by atoms with Gasteiger partial charge in [-0.05, 0) is 26.2 Å². The van der Waals surface area contributed by atoms with Crippen molar-refractivity contribution in [1.82, 2.24) is 16.0 Å². The molecule has 2 saturated heterocycles. The quantitative estimate of drug-likeness (QED) is 0.265. The van der Waals surface area contributed by atoms with Crippen LogP contribution >= 0.6 is 24.0 Å². The van der Waals surface area contributed by atoms with Crippen molar-refractivity contribution in [3.05, 3.63) is 0 Å². The van der Waals surface area contributed by atoms with E-state index in [9.17, 15) is 13.2 Å². The maximum Gasteiger partial charge on any atom is 0.222 e. The van der Waals surface area contributed by atoms with Crippen LogP contribution in [0.3, 0.4) is 0 Å². The van der Waals surface area contributed by atoms with E-state index >= 15 is 0 Å². The predicted octanol–water partition coefficient (Wildman–Crippen LogP) is 0.0319. The highest BCUT2D eigenvalue weighted by atomic mass is 127. The molecule has 2 heterocycles. The molecule has 0 aromatic carbocycles. The average molecular weight is 488 g/mol. The first-order valence-corrected chi connectivity index (χ1v) is 10.4. The molecule has 3 N–H and O–H groups in total. The minimum Gasteiger partial charge on any atom is -0.376 e. The first kappa shape index (κ1) is 22.4. The van der Waals surface area contributed by atoms with Crippen LogP contribution in [-0.2, 0) is 19.4 Å². The summed E-state index contributed by atoms with van der Waals surface area (Å²) < 4.78 is 28.3. The molecule has 0 radical (unpaired) electrons. The molecular formula is C15H29IN4O4S. The van der Waals surface area contributed by atoms with Gasteiger partial charge in [-0.25, -0.2) is 8.42 Å². The van der Waals surface area contributed by atoms with Gasteiger partial charge in [0.1, 0.15) is 0 Å². The lowest BCUT2D eigenvalue weighted by Gasteiger charge is -2.14. The molecule has 0 aliphatic carbocycles. The molecule has 25 heavy (non-hydrogen) atoms. The van der Waals surface area contributed by atoms with E-state index in [4.69, 9.17) is 4.74 Å². The number of rotatable bonds is 7. The third-order valence-corrected chi connectivity index (χ3v) is 5.83. The highest BCUT2D eigenvalue weighted by Crippen LogP contribution is 2.12. The van der Waals surface area contributed by atoms with Crippen molar-refractivity contribution < 1.29 is 17.9 Å². The van der Waals surface area contributed by atoms with Gasteiger partial charge >= 0.3 is 0 Å². The van der Waals surface area contributed by atoms with Gasteiger partial charge < -0.3 is 20.7 Å². The number of sulfone groups is 1. The SMILES string of the molecule is CCNC(=NCC1CCCO1)NCCC(=O)NC1CCS(=O)(=O)C1.I. The van der Waals surface area contributed by atoms with E-state index in [-0.39, 0.29) is 60.0 Å². The molecule has 0 spiro atoms. The molecule has 2 rings (SSSR count). The molecule has 1 amide bonds. The summed E-state index contributed by atoms with van der Waals surface area (Å²) in [5, 5.41) is 9.04. The summed E-state index contributed by atoms with van der Waals surface area (Å²) in [4.78, 5) is 16.4. The Hall–Kier alpha value is -0.620. The molecule has 0 bridgehead atoms. The van der Waals surface area contributed by atoms with Gasteiger partial charge in [-0.15, -0.1) is 24.0 Å². The summed E-state index contributed by atoms with van der Waals surface area (Å²) in [5.74, 6) is 0.748. The third kappa shape index (κ3) is 8.54. The fourth-order valence-corrected chi connectivity index (χ4v) is 4.50. The summed E-state index contributed by atoms with van der Waals surface area (Å²) in [7, 11) is -2.97. The standard InChI is InChI=1S/C15H28N4O4S.HI/c1-2-16-15(18-10-13-4-3-8-23-13)17-7-5-14(20)19-12-6-9-24(21,22)11-12;/h12-13H,2-11H2,1H3,(H,19,20)(H2,16,17,18);1H. The maximum atomic E-state index is 11.9. The van der Waals surface area contributed by atoms with Crippen LogP contribution in [0.5, 0.6) is 0 Å². The van der Waals surface area contributed by atoms with Crippen LogP contribution in [0, 0.1) is 0 Å². The van der Waals surface area contributed by atoms with Crippen molar-refractivity contribution in [3.8, 4) is 0 Å². The van der Waals surface area contributed by atoms with E-state index in [1.807, 2.05) is 6.92 Å². The number of carbonyl (C=O) groups excluding carboxylic acids is 1. The Balaban J connectivity index is 0.00000312. The van der Waals surface area contributed by atoms with Gasteiger partial charge in [0.05, 0.1) is 24.2 Å². The van der Waals surface area contributed by atoms with Gasteiger partial charge in [0.15, 0.2) is 15.8 Å². The Morgan fingerprint density at radius 1 is 1.28 bits per heavy atom. The first-order valence-electron chi connectivity index (χ1n) is 8.62. The molecule has 8 nitrogen and oxygen atoms in total. The summed E-state index contributed by atoms with van der Waals surface area (Å²) in [6.45, 7) is 4.59. The van der Waals surface area contributed by atoms with Gasteiger partial charge in [0, 0.05) is 32.2 Å². The van der Waals surface area contributed by atoms with Crippen molar-refractivity contribution in [2.45, 2.75) is 44.8 Å². The number of hydrogen-bond donors (Lipinski definition) is 3. The molecule has 2 aliphatic heterocycles. The summed E-state index contributed by atoms with van der Waals surface area (Å²) >= 11 is 0. The lowest BCUT2D eigenvalue weighted by atomic mass is 10.2. The minimum absolute atomic E-state index is 0. The van der Waals surface area contributed by atoms with Crippen molar-refractivity contribution in [2.24, 2.45) is 4.99 Å². The summed E-state index contributed by atoms with van der Waals surface area (Å²) in [5.41, 5.74) is 0. The van der Waals surface area contributed by atoms with E-state index in [1.165, 1.54) is 0 Å². The average Bonchev–Trinajstić information content (AvgIpc) is 3.14. The van der Waals surface area contributed by atoms with Crippen LogP contribution in [0.15, 0.2) is 4.99 Å². The Kier molecular flexibility index (Phi) is 10.0. The van der Waals surface area contributed by atoms with Crippen LogP contribution < -0.4 is 16.0 Å². The molecule has 2 fully saturated rings. The van der Waals surface area contributed by atoms with E-state index in [0.29, 0.717) is 25.5 Å². The van der Waals surface area contributed by atoms with Crippen LogP contribution in [0.4, 0.5) is 0 Å². The fraction of sp³-hybridized carbons (Fsp3) is 0.867. The third-order valence-electron chi connectivity index (χ3n) is 4.06. The zero-order valence-corrected chi connectivity index (χ0v) is 17.8.